The number of fused-ring (bicyclic) bond motifs is 1. The minimum Gasteiger partial charge on any atom is -0.368 e. The first kappa shape index (κ1) is 14.4. The zero-order valence-corrected chi connectivity index (χ0v) is 12.2. The van der Waals surface area contributed by atoms with E-state index in [1.807, 2.05) is 13.8 Å². The molecule has 2 atom stereocenters. The number of aliphatic hydroxyl groups is 1. The van der Waals surface area contributed by atoms with E-state index >= 15 is 0 Å². The number of rotatable bonds is 6. The summed E-state index contributed by atoms with van der Waals surface area (Å²) in [5, 5.41) is 12.2. The summed E-state index contributed by atoms with van der Waals surface area (Å²) in [6, 6.07) is 14.8. The highest BCUT2D eigenvalue weighted by atomic mass is 32.2. The minimum absolute atomic E-state index is 0.122. The summed E-state index contributed by atoms with van der Waals surface area (Å²) in [7, 11) is 0. The highest BCUT2D eigenvalue weighted by Crippen LogP contribution is 2.26. The van der Waals surface area contributed by atoms with Crippen LogP contribution in [0.3, 0.4) is 0 Å². The van der Waals surface area contributed by atoms with E-state index in [-0.39, 0.29) is 5.92 Å². The maximum Gasteiger partial charge on any atom is 0.157 e. The van der Waals surface area contributed by atoms with Crippen LogP contribution in [0.4, 0.5) is 0 Å². The van der Waals surface area contributed by atoms with Crippen molar-refractivity contribution in [3.05, 3.63) is 42.5 Å². The van der Waals surface area contributed by atoms with Gasteiger partial charge in [-0.2, -0.15) is 0 Å². The van der Waals surface area contributed by atoms with Gasteiger partial charge in [0.25, 0.3) is 0 Å². The monoisotopic (exact) mass is 276 g/mol. The molecule has 1 N–H and O–H groups in total. The van der Waals surface area contributed by atoms with Gasteiger partial charge in [-0.15, -0.1) is 11.8 Å². The fraction of sp³-hybridized carbons (Fsp3) is 0.375. The van der Waals surface area contributed by atoms with Crippen molar-refractivity contribution in [2.75, 3.05) is 12.4 Å². The molecule has 2 aromatic rings. The van der Waals surface area contributed by atoms with Gasteiger partial charge < -0.3 is 9.84 Å². The van der Waals surface area contributed by atoms with Crippen molar-refractivity contribution in [2.45, 2.75) is 25.0 Å². The molecule has 19 heavy (non-hydrogen) atoms. The summed E-state index contributed by atoms with van der Waals surface area (Å²) < 4.78 is 5.20. The molecule has 0 saturated heterocycles. The van der Waals surface area contributed by atoms with Gasteiger partial charge in [-0.3, -0.25) is 0 Å². The molecule has 0 heterocycles. The van der Waals surface area contributed by atoms with E-state index in [0.29, 0.717) is 6.61 Å². The van der Waals surface area contributed by atoms with E-state index in [1.165, 1.54) is 15.7 Å². The number of hydrogen-bond donors (Lipinski definition) is 1. The van der Waals surface area contributed by atoms with Gasteiger partial charge in [0.1, 0.15) is 0 Å². The molecule has 0 saturated carbocycles. The molecule has 0 amide bonds. The van der Waals surface area contributed by atoms with E-state index in [9.17, 15) is 5.11 Å². The van der Waals surface area contributed by atoms with Gasteiger partial charge in [0, 0.05) is 23.2 Å². The van der Waals surface area contributed by atoms with E-state index < -0.39 is 6.29 Å². The molecule has 0 aliphatic carbocycles. The van der Waals surface area contributed by atoms with Crippen molar-refractivity contribution < 1.29 is 9.84 Å². The van der Waals surface area contributed by atoms with Crippen molar-refractivity contribution in [3.63, 3.8) is 0 Å². The van der Waals surface area contributed by atoms with Crippen LogP contribution in [0.1, 0.15) is 13.8 Å². The van der Waals surface area contributed by atoms with Crippen LogP contribution >= 0.6 is 11.8 Å². The number of benzene rings is 2. The van der Waals surface area contributed by atoms with Crippen LogP contribution in [0, 0.1) is 5.92 Å². The standard InChI is InChI=1S/C16H20O2S/c1-3-18-16(17)12(2)11-19-15-9-8-13-6-4-5-7-14(13)10-15/h4-10,12,16-17H,3,11H2,1-2H3. The fourth-order valence-corrected chi connectivity index (χ4v) is 2.90. The smallest absolute Gasteiger partial charge is 0.157 e. The number of aliphatic hydroxyl groups excluding tert-OH is 1. The Kier molecular flexibility index (Phi) is 5.25. The van der Waals surface area contributed by atoms with E-state index in [2.05, 4.69) is 42.5 Å². The molecular formula is C16H20O2S. The van der Waals surface area contributed by atoms with Gasteiger partial charge in [0.05, 0.1) is 0 Å². The summed E-state index contributed by atoms with van der Waals surface area (Å²) in [6.07, 6.45) is -0.669. The second-order valence-corrected chi connectivity index (χ2v) is 5.74. The van der Waals surface area contributed by atoms with Crippen LogP contribution in [-0.4, -0.2) is 23.8 Å². The molecule has 0 aliphatic heterocycles. The molecule has 2 nitrogen and oxygen atoms in total. The van der Waals surface area contributed by atoms with Crippen LogP contribution in [0.25, 0.3) is 10.8 Å². The normalized spacial score (nSPS) is 14.5. The SMILES string of the molecule is CCOC(O)C(C)CSc1ccc2ccccc2c1. The molecule has 0 aliphatic rings. The molecule has 0 bridgehead atoms. The molecule has 0 spiro atoms. The van der Waals surface area contributed by atoms with Crippen molar-refractivity contribution in [2.24, 2.45) is 5.92 Å². The third-order valence-electron chi connectivity index (χ3n) is 3.06. The lowest BCUT2D eigenvalue weighted by atomic mass is 10.1. The molecule has 102 valence electrons. The van der Waals surface area contributed by atoms with Gasteiger partial charge in [0.2, 0.25) is 0 Å². The predicted molar refractivity (Wildman–Crippen MR) is 81.5 cm³/mol. The van der Waals surface area contributed by atoms with Gasteiger partial charge in [-0.25, -0.2) is 0 Å². The molecule has 2 rings (SSSR count). The Bertz CT molecular complexity index is 527. The lowest BCUT2D eigenvalue weighted by molar-refractivity contribution is -0.120. The Labute approximate surface area is 118 Å². The van der Waals surface area contributed by atoms with Crippen LogP contribution in [0.15, 0.2) is 47.4 Å². The van der Waals surface area contributed by atoms with Gasteiger partial charge in [-0.05, 0) is 29.8 Å². The van der Waals surface area contributed by atoms with Gasteiger partial charge in [-0.1, -0.05) is 37.3 Å². The molecule has 0 fully saturated rings. The van der Waals surface area contributed by atoms with E-state index in [1.54, 1.807) is 11.8 Å². The first-order valence-corrected chi connectivity index (χ1v) is 7.60. The summed E-state index contributed by atoms with van der Waals surface area (Å²) in [6.45, 7) is 4.45. The van der Waals surface area contributed by atoms with Gasteiger partial charge in [0.15, 0.2) is 6.29 Å². The number of ether oxygens (including phenoxy) is 1. The fourth-order valence-electron chi connectivity index (χ4n) is 1.90. The Balaban J connectivity index is 1.98. The quantitative estimate of drug-likeness (QED) is 0.640. The zero-order chi connectivity index (χ0) is 13.7. The minimum atomic E-state index is -0.669. The largest absolute Gasteiger partial charge is 0.368 e. The van der Waals surface area contributed by atoms with Crippen LogP contribution < -0.4 is 0 Å². The molecule has 0 aromatic heterocycles. The summed E-state index contributed by atoms with van der Waals surface area (Å²) >= 11 is 1.76. The lowest BCUT2D eigenvalue weighted by Crippen LogP contribution is -2.22. The third kappa shape index (κ3) is 3.96. The maximum absolute atomic E-state index is 9.73. The molecule has 2 unspecified atom stereocenters. The Morgan fingerprint density at radius 2 is 1.89 bits per heavy atom. The van der Waals surface area contributed by atoms with Crippen molar-refractivity contribution >= 4 is 22.5 Å². The second-order valence-electron chi connectivity index (χ2n) is 4.64. The van der Waals surface area contributed by atoms with E-state index in [0.717, 1.165) is 5.75 Å². The zero-order valence-electron chi connectivity index (χ0n) is 11.4. The summed E-state index contributed by atoms with van der Waals surface area (Å²) in [5.41, 5.74) is 0. The van der Waals surface area contributed by atoms with Crippen LogP contribution in [0.5, 0.6) is 0 Å². The first-order valence-electron chi connectivity index (χ1n) is 6.62. The van der Waals surface area contributed by atoms with E-state index in [4.69, 9.17) is 4.74 Å². The Morgan fingerprint density at radius 1 is 1.16 bits per heavy atom. The Hall–Kier alpha value is -1.03. The van der Waals surface area contributed by atoms with Crippen LogP contribution in [0.2, 0.25) is 0 Å². The average molecular weight is 276 g/mol. The molecule has 2 aromatic carbocycles. The number of hydrogen-bond acceptors (Lipinski definition) is 3. The number of thioether (sulfide) groups is 1. The summed E-state index contributed by atoms with van der Waals surface area (Å²) in [5.74, 6) is 0.968. The van der Waals surface area contributed by atoms with Crippen molar-refractivity contribution in [3.8, 4) is 0 Å². The van der Waals surface area contributed by atoms with Crippen molar-refractivity contribution in [1.82, 2.24) is 0 Å². The highest BCUT2D eigenvalue weighted by Gasteiger charge is 2.14. The maximum atomic E-state index is 9.73. The molecule has 3 heteroatoms. The molecule has 0 radical (unpaired) electrons. The summed E-state index contributed by atoms with van der Waals surface area (Å²) in [4.78, 5) is 1.23. The van der Waals surface area contributed by atoms with Gasteiger partial charge >= 0.3 is 0 Å². The highest BCUT2D eigenvalue weighted by molar-refractivity contribution is 7.99. The average Bonchev–Trinajstić information content (AvgIpc) is 2.44. The lowest BCUT2D eigenvalue weighted by Gasteiger charge is -2.18. The molecular weight excluding hydrogens is 256 g/mol. The first-order chi connectivity index (χ1) is 9.20. The third-order valence-corrected chi connectivity index (χ3v) is 4.34. The topological polar surface area (TPSA) is 29.5 Å². The second kappa shape index (κ2) is 6.94. The van der Waals surface area contributed by atoms with Crippen LogP contribution in [-0.2, 0) is 4.74 Å². The predicted octanol–water partition coefficient (Wildman–Crippen LogP) is 3.92. The van der Waals surface area contributed by atoms with Crippen molar-refractivity contribution in [1.29, 1.82) is 0 Å². The Morgan fingerprint density at radius 3 is 2.63 bits per heavy atom.